The zero-order valence-corrected chi connectivity index (χ0v) is 38.0. The monoisotopic (exact) mass is 894 g/mol. The Morgan fingerprint density at radius 2 is 1.25 bits per heavy atom. The van der Waals surface area contributed by atoms with E-state index < -0.39 is 0 Å². The van der Waals surface area contributed by atoms with Crippen LogP contribution in [0.25, 0.3) is 0 Å². The van der Waals surface area contributed by atoms with Crippen molar-refractivity contribution in [3.8, 4) is 5.75 Å². The Hall–Kier alpha value is -2.33. The second kappa shape index (κ2) is 66.0. The summed E-state index contributed by atoms with van der Waals surface area (Å²) in [6, 6.07) is 19.7. The molecular weight excluding hydrogens is 812 g/mol. The Labute approximate surface area is 331 Å². The van der Waals surface area contributed by atoms with E-state index in [1.165, 1.54) is 19.9 Å². The van der Waals surface area contributed by atoms with Crippen molar-refractivity contribution >= 4 is 5.69 Å². The third-order valence-electron chi connectivity index (χ3n) is 5.84. The van der Waals surface area contributed by atoms with Crippen molar-refractivity contribution < 1.29 is 45.1 Å². The summed E-state index contributed by atoms with van der Waals surface area (Å²) >= 11 is 0. The summed E-state index contributed by atoms with van der Waals surface area (Å²) < 4.78 is 19.3. The first kappa shape index (κ1) is 66.9. The molecule has 1 fully saturated rings. The number of ether oxygens (including phenoxy) is 4. The number of allylic oxidation sites excluding steroid dienone is 1. The molecule has 3 atom stereocenters. The van der Waals surface area contributed by atoms with Crippen LogP contribution < -0.4 is 26.4 Å². The number of aliphatic hydroxyl groups is 1. The molecule has 0 radical (unpaired) electrons. The molecule has 1 saturated carbocycles. The predicted octanol–water partition coefficient (Wildman–Crippen LogP) is 7.77. The molecule has 2 aromatic carbocycles. The summed E-state index contributed by atoms with van der Waals surface area (Å²) in [6.45, 7) is 18.4. The van der Waals surface area contributed by atoms with Crippen LogP contribution in [0.3, 0.4) is 0 Å². The maximum absolute atomic E-state index is 7.00. The fourth-order valence-corrected chi connectivity index (χ4v) is 3.42. The van der Waals surface area contributed by atoms with Crippen LogP contribution >= 0.6 is 0 Å². The number of fused-ring (bicyclic) bond motifs is 2. The SMILES string of the molecule is C=CCNC.C=CCOC.CC.CCNC.CCOC.CN.CNc1ccccc1.CO.COC1CC2C=CC1C2.COc1ccccc1.[CH3-].[W]. The molecule has 2 aliphatic carbocycles. The predicted molar refractivity (Wildman–Crippen MR) is 224 cm³/mol. The molecule has 10 heteroatoms. The number of nitrogens with one attached hydrogen (secondary N) is 3. The number of para-hydroxylation sites is 2. The van der Waals surface area contributed by atoms with Crippen molar-refractivity contribution in [3.05, 3.63) is 106 Å². The molecule has 0 aromatic heterocycles. The van der Waals surface area contributed by atoms with Gasteiger partial charge in [0.25, 0.3) is 0 Å². The summed E-state index contributed by atoms with van der Waals surface area (Å²) in [5.41, 5.74) is 5.66. The summed E-state index contributed by atoms with van der Waals surface area (Å²) in [7, 11) is 15.0. The average Bonchev–Trinajstić information content (AvgIpc) is 3.84. The van der Waals surface area contributed by atoms with Crippen LogP contribution in [0.4, 0.5) is 5.69 Å². The minimum atomic E-state index is 0. The molecule has 4 rings (SSSR count). The molecule has 0 aliphatic heterocycles. The standard InChI is InChI=1S/C8H12O.C7H9N.C7H8O.C4H9N.C4H8O.C3H9N.C3H8O.C2H6.CH5N.CH4O.CH3.W/c1-9-8-5-6-2-3-7(8)4-6;2*1-8-7-5-3-2-4-6-7;2*1-3-4-5-2;2*1-3-4-2;3*1-2;;/h2-3,6-8H,4-5H2,1H3;2-6,8H,1H3;2-6H,1H3;3,5H,1,4H2,2H3;3H,1,4H2,2H3;4H,3H2,1-2H3;3H2,1-2H3;1-2H3;2H2,1H3;2H,1H3;1H3;/q;;;;;;;;;;-1;. The van der Waals surface area contributed by atoms with Crippen molar-refractivity contribution in [1.29, 1.82) is 0 Å². The molecule has 0 heterocycles. The number of likely N-dealkylation sites (N-methyl/N-ethyl adjacent to an activating group) is 1. The normalized spacial score (nSPS) is 13.9. The quantitative estimate of drug-likeness (QED) is 0.127. The van der Waals surface area contributed by atoms with Crippen LogP contribution in [0.1, 0.15) is 40.5 Å². The molecular formula is C41H81N4O5W-. The zero-order chi connectivity index (χ0) is 39.0. The maximum Gasteiger partial charge on any atom is 0.118 e. The largest absolute Gasteiger partial charge is 0.497 e. The fraction of sp³-hybridized carbons (Fsp3) is 0.537. The smallest absolute Gasteiger partial charge is 0.118 e. The second-order valence-corrected chi connectivity index (χ2v) is 9.06. The van der Waals surface area contributed by atoms with Gasteiger partial charge in [-0.15, -0.1) is 13.2 Å². The molecule has 0 saturated heterocycles. The first-order chi connectivity index (χ1) is 23.9. The summed E-state index contributed by atoms with van der Waals surface area (Å²) in [4.78, 5) is 0. The van der Waals surface area contributed by atoms with Crippen molar-refractivity contribution in [3.63, 3.8) is 0 Å². The van der Waals surface area contributed by atoms with Crippen molar-refractivity contribution in [2.45, 2.75) is 46.6 Å². The molecule has 2 aromatic rings. The van der Waals surface area contributed by atoms with Gasteiger partial charge >= 0.3 is 0 Å². The van der Waals surface area contributed by atoms with E-state index in [2.05, 4.69) is 63.4 Å². The van der Waals surface area contributed by atoms with Crippen LogP contribution in [0.5, 0.6) is 5.75 Å². The van der Waals surface area contributed by atoms with E-state index >= 15 is 0 Å². The van der Waals surface area contributed by atoms with E-state index in [1.807, 2.05) is 116 Å². The summed E-state index contributed by atoms with van der Waals surface area (Å²) in [6.07, 6.45) is 11.3. The Morgan fingerprint density at radius 3 is 1.41 bits per heavy atom. The van der Waals surface area contributed by atoms with Gasteiger partial charge in [-0.2, -0.15) is 0 Å². The first-order valence-electron chi connectivity index (χ1n) is 17.0. The average molecular weight is 894 g/mol. The number of hydrogen-bond donors (Lipinski definition) is 5. The van der Waals surface area contributed by atoms with Crippen molar-refractivity contribution in [2.24, 2.45) is 17.6 Å². The number of hydrogen-bond acceptors (Lipinski definition) is 9. The van der Waals surface area contributed by atoms with Gasteiger partial charge < -0.3 is 53.2 Å². The van der Waals surface area contributed by atoms with Gasteiger partial charge in [-0.05, 0) is 77.6 Å². The van der Waals surface area contributed by atoms with Gasteiger partial charge in [0.05, 0.1) is 19.8 Å². The van der Waals surface area contributed by atoms with Gasteiger partial charge in [-0.25, -0.2) is 0 Å². The minimum Gasteiger partial charge on any atom is -0.497 e. The topological polar surface area (TPSA) is 119 Å². The number of methoxy groups -OCH3 is 4. The fourth-order valence-electron chi connectivity index (χ4n) is 3.42. The van der Waals surface area contributed by atoms with Gasteiger partial charge in [-0.1, -0.05) is 81.5 Å². The number of aliphatic hydroxyl groups excluding tert-OH is 1. The Balaban J connectivity index is -0.0000000697. The first-order valence-corrected chi connectivity index (χ1v) is 17.0. The van der Waals surface area contributed by atoms with Crippen LogP contribution in [0.15, 0.2) is 98.1 Å². The van der Waals surface area contributed by atoms with Gasteiger partial charge in [0.15, 0.2) is 0 Å². The molecule has 6 N–H and O–H groups in total. The molecule has 51 heavy (non-hydrogen) atoms. The van der Waals surface area contributed by atoms with Gasteiger partial charge in [0.1, 0.15) is 5.75 Å². The van der Waals surface area contributed by atoms with Crippen LogP contribution in [-0.4, -0.2) is 101 Å². The molecule has 0 amide bonds. The zero-order valence-electron chi connectivity index (χ0n) is 35.0. The van der Waals surface area contributed by atoms with Gasteiger partial charge in [0.2, 0.25) is 0 Å². The summed E-state index contributed by atoms with van der Waals surface area (Å²) in [5, 5.41) is 15.9. The van der Waals surface area contributed by atoms with E-state index in [0.29, 0.717) is 12.7 Å². The molecule has 3 unspecified atom stereocenters. The maximum atomic E-state index is 7.00. The molecule has 9 nitrogen and oxygen atoms in total. The van der Waals surface area contributed by atoms with Crippen LogP contribution in [-0.2, 0) is 35.3 Å². The third-order valence-corrected chi connectivity index (χ3v) is 5.84. The van der Waals surface area contributed by atoms with E-state index in [-0.39, 0.29) is 28.5 Å². The minimum absolute atomic E-state index is 0. The van der Waals surface area contributed by atoms with Crippen LogP contribution in [0.2, 0.25) is 0 Å². The molecule has 0 spiro atoms. The van der Waals surface area contributed by atoms with E-state index in [0.717, 1.165) is 50.1 Å². The van der Waals surface area contributed by atoms with Crippen LogP contribution in [0, 0.1) is 19.3 Å². The van der Waals surface area contributed by atoms with Gasteiger partial charge in [-0.3, -0.25) is 0 Å². The molecule has 2 bridgehead atoms. The molecule has 2 aliphatic rings. The molecule has 302 valence electrons. The Bertz CT molecular complexity index is 793. The van der Waals surface area contributed by atoms with E-state index in [1.54, 1.807) is 27.4 Å². The number of anilines is 1. The second-order valence-electron chi connectivity index (χ2n) is 9.06. The Kier molecular flexibility index (Phi) is 86.5. The van der Waals surface area contributed by atoms with Crippen molar-refractivity contribution in [2.75, 3.05) is 95.4 Å². The number of benzene rings is 2. The van der Waals surface area contributed by atoms with Crippen molar-refractivity contribution in [1.82, 2.24) is 10.6 Å². The van der Waals surface area contributed by atoms with E-state index in [4.69, 9.17) is 14.6 Å². The number of nitrogens with two attached hydrogens (primary N) is 1. The van der Waals surface area contributed by atoms with Gasteiger partial charge in [0, 0.05) is 81.3 Å². The summed E-state index contributed by atoms with van der Waals surface area (Å²) in [5.74, 6) is 2.51. The van der Waals surface area contributed by atoms with E-state index in [9.17, 15) is 0 Å². The number of rotatable bonds is 9. The third kappa shape index (κ3) is 54.6. The Morgan fingerprint density at radius 1 is 0.784 bits per heavy atom.